The van der Waals surface area contributed by atoms with Crippen molar-refractivity contribution in [2.24, 2.45) is 0 Å². The number of hydrogen-bond acceptors (Lipinski definition) is 5. The molecule has 1 aliphatic rings. The second-order valence-corrected chi connectivity index (χ2v) is 10.0. The Kier molecular flexibility index (Phi) is 9.96. The quantitative estimate of drug-likeness (QED) is 0.268. The standard InChI is InChI=1S/C31H38N2O5/c1-22-28(33-31(38-22)25-12-6-3-7-13-25)18-20-37-26-16-14-24(15-17-29(34)35)27(21-26)30(36)32-19-8-11-23-9-4-2-5-10-23/h2,4-5,9-10,14,16,21,25H,3,6-8,11-13,15,17-20H2,1H3,(H,32,36)(H,34,35). The van der Waals surface area contributed by atoms with Crippen LogP contribution in [-0.2, 0) is 24.1 Å². The molecule has 7 heteroatoms. The minimum absolute atomic E-state index is 0.0384. The van der Waals surface area contributed by atoms with Crippen molar-refractivity contribution in [1.29, 1.82) is 0 Å². The van der Waals surface area contributed by atoms with Crippen LogP contribution < -0.4 is 10.1 Å². The Morgan fingerprint density at radius 2 is 1.84 bits per heavy atom. The fraction of sp³-hybridized carbons (Fsp3) is 0.452. The third kappa shape index (κ3) is 7.94. The largest absolute Gasteiger partial charge is 0.493 e. The predicted molar refractivity (Wildman–Crippen MR) is 146 cm³/mol. The summed E-state index contributed by atoms with van der Waals surface area (Å²) in [5.41, 5.74) is 3.30. The molecule has 1 saturated carbocycles. The highest BCUT2D eigenvalue weighted by molar-refractivity contribution is 5.96. The SMILES string of the molecule is Cc1oc(C2CCCCC2)nc1CCOc1ccc(CCC(=O)O)c(C(=O)NCCCc2ccccc2)c1. The molecule has 38 heavy (non-hydrogen) atoms. The molecule has 0 atom stereocenters. The fourth-order valence-corrected chi connectivity index (χ4v) is 5.02. The maximum Gasteiger partial charge on any atom is 0.303 e. The van der Waals surface area contributed by atoms with Crippen LogP contribution in [0.25, 0.3) is 0 Å². The monoisotopic (exact) mass is 518 g/mol. The number of benzene rings is 2. The number of carboxylic acids is 1. The maximum atomic E-state index is 13.0. The normalized spacial score (nSPS) is 13.8. The first-order chi connectivity index (χ1) is 18.5. The molecule has 4 rings (SSSR count). The zero-order valence-corrected chi connectivity index (χ0v) is 22.2. The van der Waals surface area contributed by atoms with Gasteiger partial charge in [0.05, 0.1) is 12.3 Å². The summed E-state index contributed by atoms with van der Waals surface area (Å²) in [5.74, 6) is 1.58. The highest BCUT2D eigenvalue weighted by atomic mass is 16.5. The van der Waals surface area contributed by atoms with E-state index in [4.69, 9.17) is 19.2 Å². The van der Waals surface area contributed by atoms with Gasteiger partial charge in [-0.25, -0.2) is 4.98 Å². The fourth-order valence-electron chi connectivity index (χ4n) is 5.02. The Morgan fingerprint density at radius 3 is 2.61 bits per heavy atom. The second kappa shape index (κ2) is 13.8. The Morgan fingerprint density at radius 1 is 1.05 bits per heavy atom. The van der Waals surface area contributed by atoms with E-state index in [-0.39, 0.29) is 18.7 Å². The molecular formula is C31H38N2O5. The van der Waals surface area contributed by atoms with Gasteiger partial charge in [-0.1, -0.05) is 55.7 Å². The van der Waals surface area contributed by atoms with Gasteiger partial charge < -0.3 is 19.6 Å². The van der Waals surface area contributed by atoms with Crippen molar-refractivity contribution < 1.29 is 23.8 Å². The van der Waals surface area contributed by atoms with Crippen LogP contribution in [0, 0.1) is 6.92 Å². The molecule has 1 heterocycles. The zero-order chi connectivity index (χ0) is 26.7. The summed E-state index contributed by atoms with van der Waals surface area (Å²) < 4.78 is 12.0. The number of aromatic nitrogens is 1. The minimum atomic E-state index is -0.893. The van der Waals surface area contributed by atoms with Crippen molar-refractivity contribution in [2.45, 2.75) is 77.0 Å². The number of aliphatic carboxylic acids is 1. The molecule has 1 fully saturated rings. The average Bonchev–Trinajstić information content (AvgIpc) is 3.31. The van der Waals surface area contributed by atoms with E-state index in [1.807, 2.05) is 25.1 Å². The third-order valence-electron chi connectivity index (χ3n) is 7.18. The highest BCUT2D eigenvalue weighted by Crippen LogP contribution is 2.33. The van der Waals surface area contributed by atoms with E-state index < -0.39 is 5.97 Å². The van der Waals surface area contributed by atoms with Gasteiger partial charge in [-0.05, 0) is 62.3 Å². The number of carboxylic acid groups (broad SMARTS) is 1. The number of rotatable bonds is 13. The van der Waals surface area contributed by atoms with Crippen molar-refractivity contribution in [3.63, 3.8) is 0 Å². The van der Waals surface area contributed by atoms with Crippen LogP contribution in [0.1, 0.15) is 89.7 Å². The minimum Gasteiger partial charge on any atom is -0.493 e. The van der Waals surface area contributed by atoms with Crippen LogP contribution in [0.2, 0.25) is 0 Å². The smallest absolute Gasteiger partial charge is 0.303 e. The lowest BCUT2D eigenvalue weighted by atomic mass is 9.89. The molecule has 0 spiro atoms. The van der Waals surface area contributed by atoms with Gasteiger partial charge in [-0.15, -0.1) is 0 Å². The van der Waals surface area contributed by atoms with Gasteiger partial charge in [0.25, 0.3) is 5.91 Å². The van der Waals surface area contributed by atoms with Gasteiger partial charge in [0.15, 0.2) is 5.89 Å². The van der Waals surface area contributed by atoms with Crippen LogP contribution in [0.15, 0.2) is 52.9 Å². The lowest BCUT2D eigenvalue weighted by Gasteiger charge is -2.17. The molecule has 0 saturated heterocycles. The van der Waals surface area contributed by atoms with Crippen molar-refractivity contribution in [1.82, 2.24) is 10.3 Å². The molecular weight excluding hydrogens is 480 g/mol. The van der Waals surface area contributed by atoms with Crippen LogP contribution in [-0.4, -0.2) is 35.1 Å². The molecule has 1 aliphatic carbocycles. The van der Waals surface area contributed by atoms with Gasteiger partial charge in [0, 0.05) is 30.9 Å². The van der Waals surface area contributed by atoms with E-state index >= 15 is 0 Å². The van der Waals surface area contributed by atoms with E-state index in [1.165, 1.54) is 24.8 Å². The summed E-state index contributed by atoms with van der Waals surface area (Å²) in [7, 11) is 0. The van der Waals surface area contributed by atoms with Crippen molar-refractivity contribution >= 4 is 11.9 Å². The number of amides is 1. The number of oxazole rings is 1. The predicted octanol–water partition coefficient (Wildman–Crippen LogP) is 6.03. The number of carbonyl (C=O) groups is 2. The summed E-state index contributed by atoms with van der Waals surface area (Å²) in [6, 6.07) is 15.5. The zero-order valence-electron chi connectivity index (χ0n) is 22.2. The molecule has 3 aromatic rings. The molecule has 0 radical (unpaired) electrons. The van der Waals surface area contributed by atoms with E-state index in [2.05, 4.69) is 17.4 Å². The molecule has 2 aromatic carbocycles. The molecule has 202 valence electrons. The van der Waals surface area contributed by atoms with Crippen LogP contribution in [0.3, 0.4) is 0 Å². The Labute approximate surface area is 224 Å². The molecule has 1 aromatic heterocycles. The lowest BCUT2D eigenvalue weighted by Crippen LogP contribution is -2.26. The molecule has 0 bridgehead atoms. The molecule has 7 nitrogen and oxygen atoms in total. The van der Waals surface area contributed by atoms with E-state index in [9.17, 15) is 9.59 Å². The van der Waals surface area contributed by atoms with E-state index in [0.29, 0.717) is 42.4 Å². The van der Waals surface area contributed by atoms with Crippen LogP contribution >= 0.6 is 0 Å². The number of nitrogens with zero attached hydrogens (tertiary/aromatic N) is 1. The van der Waals surface area contributed by atoms with Gasteiger partial charge in [-0.2, -0.15) is 0 Å². The summed E-state index contributed by atoms with van der Waals surface area (Å²) in [6.45, 7) is 2.89. The number of aryl methyl sites for hydroxylation is 3. The number of carbonyl (C=O) groups excluding carboxylic acids is 1. The van der Waals surface area contributed by atoms with Gasteiger partial charge in [0.1, 0.15) is 11.5 Å². The number of hydrogen-bond donors (Lipinski definition) is 2. The summed E-state index contributed by atoms with van der Waals surface area (Å²) in [6.07, 6.45) is 8.59. The molecule has 0 unspecified atom stereocenters. The Bertz CT molecular complexity index is 1200. The molecule has 0 aliphatic heterocycles. The first kappa shape index (κ1) is 27.4. The molecule has 1 amide bonds. The average molecular weight is 519 g/mol. The molecule has 2 N–H and O–H groups in total. The summed E-state index contributed by atoms with van der Waals surface area (Å²) in [5, 5.41) is 12.1. The first-order valence-electron chi connectivity index (χ1n) is 13.8. The number of nitrogens with one attached hydrogen (secondary N) is 1. The second-order valence-electron chi connectivity index (χ2n) is 10.0. The lowest BCUT2D eigenvalue weighted by molar-refractivity contribution is -0.136. The van der Waals surface area contributed by atoms with Crippen molar-refractivity contribution in [3.05, 3.63) is 82.6 Å². The van der Waals surface area contributed by atoms with Gasteiger partial charge in [0.2, 0.25) is 0 Å². The van der Waals surface area contributed by atoms with Crippen molar-refractivity contribution in [2.75, 3.05) is 13.2 Å². The number of ether oxygens (including phenoxy) is 1. The van der Waals surface area contributed by atoms with Gasteiger partial charge in [-0.3, -0.25) is 9.59 Å². The maximum absolute atomic E-state index is 13.0. The first-order valence-corrected chi connectivity index (χ1v) is 13.8. The van der Waals surface area contributed by atoms with Crippen LogP contribution in [0.4, 0.5) is 0 Å². The topological polar surface area (TPSA) is 102 Å². The van der Waals surface area contributed by atoms with Crippen molar-refractivity contribution in [3.8, 4) is 5.75 Å². The van der Waals surface area contributed by atoms with Crippen LogP contribution in [0.5, 0.6) is 5.75 Å². The Balaban J connectivity index is 1.34. The summed E-state index contributed by atoms with van der Waals surface area (Å²) in [4.78, 5) is 28.9. The van der Waals surface area contributed by atoms with E-state index in [0.717, 1.165) is 43.0 Å². The van der Waals surface area contributed by atoms with E-state index in [1.54, 1.807) is 18.2 Å². The highest BCUT2D eigenvalue weighted by Gasteiger charge is 2.22. The Hall–Kier alpha value is -3.61. The van der Waals surface area contributed by atoms with Gasteiger partial charge >= 0.3 is 5.97 Å². The third-order valence-corrected chi connectivity index (χ3v) is 7.18. The summed E-state index contributed by atoms with van der Waals surface area (Å²) >= 11 is 0.